The van der Waals surface area contributed by atoms with E-state index in [0.717, 1.165) is 11.6 Å². The standard InChI is InChI=1S/C22H19FN6O3/c23-18-4-13(7-24)3-14(5-18)12-32-22(31)29-10-16-8-28(9-17(16)11-29)21(30)15-1-2-19-20(6-15)26-27-25-19/h1-6,16-17H,8-12H2,(H,25,26,27). The van der Waals surface area contributed by atoms with Crippen molar-refractivity contribution < 1.29 is 18.7 Å². The molecule has 2 unspecified atom stereocenters. The molecule has 0 saturated carbocycles. The summed E-state index contributed by atoms with van der Waals surface area (Å²) in [5, 5.41) is 19.4. The van der Waals surface area contributed by atoms with Crippen molar-refractivity contribution in [2.75, 3.05) is 26.2 Å². The first kappa shape index (κ1) is 19.9. The molecule has 9 nitrogen and oxygen atoms in total. The number of benzene rings is 2. The molecule has 0 bridgehead atoms. The number of nitrogens with zero attached hydrogens (tertiary/aromatic N) is 5. The lowest BCUT2D eigenvalue weighted by atomic mass is 10.0. The second-order valence-electron chi connectivity index (χ2n) is 8.19. The summed E-state index contributed by atoms with van der Waals surface area (Å²) in [6.45, 7) is 2.04. The maximum atomic E-state index is 13.5. The zero-order chi connectivity index (χ0) is 22.2. The van der Waals surface area contributed by atoms with E-state index in [1.54, 1.807) is 23.1 Å². The summed E-state index contributed by atoms with van der Waals surface area (Å²) in [5.41, 5.74) is 2.59. The maximum Gasteiger partial charge on any atom is 0.410 e. The number of likely N-dealkylation sites (tertiary alicyclic amines) is 2. The van der Waals surface area contributed by atoms with Crippen molar-refractivity contribution >= 4 is 23.0 Å². The molecule has 2 atom stereocenters. The van der Waals surface area contributed by atoms with Crippen molar-refractivity contribution in [3.8, 4) is 6.07 Å². The second kappa shape index (κ2) is 7.92. The fourth-order valence-electron chi connectivity index (χ4n) is 4.50. The highest BCUT2D eigenvalue weighted by molar-refractivity contribution is 5.97. The number of aromatic nitrogens is 3. The molecule has 2 fully saturated rings. The van der Waals surface area contributed by atoms with Crippen LogP contribution in [0.4, 0.5) is 9.18 Å². The van der Waals surface area contributed by atoms with Gasteiger partial charge in [0.2, 0.25) is 0 Å². The Morgan fingerprint density at radius 3 is 2.62 bits per heavy atom. The van der Waals surface area contributed by atoms with Gasteiger partial charge in [0, 0.05) is 43.6 Å². The molecule has 2 aliphatic rings. The van der Waals surface area contributed by atoms with Crippen LogP contribution in [0.3, 0.4) is 0 Å². The van der Waals surface area contributed by atoms with Gasteiger partial charge in [-0.1, -0.05) is 5.21 Å². The number of amides is 2. The Labute approximate surface area is 182 Å². The van der Waals surface area contributed by atoms with Gasteiger partial charge in [0.1, 0.15) is 17.9 Å². The van der Waals surface area contributed by atoms with Gasteiger partial charge in [-0.2, -0.15) is 5.26 Å². The molecule has 32 heavy (non-hydrogen) atoms. The molecule has 2 aromatic carbocycles. The number of ether oxygens (including phenoxy) is 1. The number of H-pyrrole nitrogens is 1. The van der Waals surface area contributed by atoms with E-state index in [0.29, 0.717) is 42.8 Å². The molecule has 3 heterocycles. The van der Waals surface area contributed by atoms with E-state index in [2.05, 4.69) is 15.4 Å². The van der Waals surface area contributed by atoms with Crippen LogP contribution in [0, 0.1) is 29.0 Å². The fraction of sp³-hybridized carbons (Fsp3) is 0.318. The summed E-state index contributed by atoms with van der Waals surface area (Å²) in [7, 11) is 0. The molecule has 162 valence electrons. The number of carbonyl (C=O) groups is 2. The van der Waals surface area contributed by atoms with Crippen molar-refractivity contribution in [1.29, 1.82) is 5.26 Å². The highest BCUT2D eigenvalue weighted by Gasteiger charge is 2.43. The average Bonchev–Trinajstić information content (AvgIpc) is 3.50. The van der Waals surface area contributed by atoms with Crippen LogP contribution in [0.1, 0.15) is 21.5 Å². The van der Waals surface area contributed by atoms with Crippen molar-refractivity contribution in [3.63, 3.8) is 0 Å². The van der Waals surface area contributed by atoms with Gasteiger partial charge in [-0.25, -0.2) is 9.18 Å². The molecular weight excluding hydrogens is 415 g/mol. The lowest BCUT2D eigenvalue weighted by Gasteiger charge is -2.21. The molecule has 0 radical (unpaired) electrons. The summed E-state index contributed by atoms with van der Waals surface area (Å²) in [5.74, 6) is -0.237. The largest absolute Gasteiger partial charge is 0.445 e. The second-order valence-corrected chi connectivity index (χ2v) is 8.19. The number of carbonyl (C=O) groups excluding carboxylic acids is 2. The minimum Gasteiger partial charge on any atom is -0.445 e. The molecule has 10 heteroatoms. The number of halogens is 1. The number of hydrogen-bond donors (Lipinski definition) is 1. The number of hydrogen-bond acceptors (Lipinski definition) is 6. The third kappa shape index (κ3) is 3.73. The molecule has 0 aliphatic carbocycles. The summed E-state index contributed by atoms with van der Waals surface area (Å²) in [4.78, 5) is 28.8. The first-order valence-electron chi connectivity index (χ1n) is 10.2. The minimum atomic E-state index is -0.543. The van der Waals surface area contributed by atoms with E-state index in [-0.39, 0.29) is 29.9 Å². The Kier molecular flexibility index (Phi) is 4.93. The van der Waals surface area contributed by atoms with Crippen LogP contribution in [0.15, 0.2) is 36.4 Å². The third-order valence-electron chi connectivity index (χ3n) is 6.05. The predicted octanol–water partition coefficient (Wildman–Crippen LogP) is 2.31. The molecular formula is C22H19FN6O3. The van der Waals surface area contributed by atoms with Gasteiger partial charge in [0.15, 0.2) is 0 Å². The van der Waals surface area contributed by atoms with E-state index in [1.165, 1.54) is 12.1 Å². The summed E-state index contributed by atoms with van der Waals surface area (Å²) < 4.78 is 18.9. The Bertz CT molecular complexity index is 1240. The smallest absolute Gasteiger partial charge is 0.410 e. The highest BCUT2D eigenvalue weighted by atomic mass is 19.1. The molecule has 5 rings (SSSR count). The lowest BCUT2D eigenvalue weighted by molar-refractivity contribution is 0.0764. The monoisotopic (exact) mass is 434 g/mol. The molecule has 1 aromatic heterocycles. The van der Waals surface area contributed by atoms with Crippen LogP contribution in [0.25, 0.3) is 11.0 Å². The van der Waals surface area contributed by atoms with Crippen molar-refractivity contribution in [1.82, 2.24) is 25.2 Å². The van der Waals surface area contributed by atoms with Crippen LogP contribution in [0.5, 0.6) is 0 Å². The molecule has 3 aromatic rings. The Morgan fingerprint density at radius 2 is 1.88 bits per heavy atom. The summed E-state index contributed by atoms with van der Waals surface area (Å²) in [6.07, 6.45) is -0.475. The number of nitriles is 1. The summed E-state index contributed by atoms with van der Waals surface area (Å²) in [6, 6.07) is 11.0. The Morgan fingerprint density at radius 1 is 1.12 bits per heavy atom. The van der Waals surface area contributed by atoms with E-state index in [4.69, 9.17) is 10.00 Å². The van der Waals surface area contributed by atoms with Gasteiger partial charge in [0.25, 0.3) is 5.91 Å². The van der Waals surface area contributed by atoms with Gasteiger partial charge in [-0.15, -0.1) is 5.10 Å². The topological polar surface area (TPSA) is 115 Å². The summed E-state index contributed by atoms with van der Waals surface area (Å²) >= 11 is 0. The van der Waals surface area contributed by atoms with E-state index in [1.807, 2.05) is 11.0 Å². The SMILES string of the molecule is N#Cc1cc(F)cc(COC(=O)N2CC3CN(C(=O)c4ccc5[nH]nnc5c4)CC3C2)c1. The number of rotatable bonds is 3. The van der Waals surface area contributed by atoms with E-state index < -0.39 is 11.9 Å². The molecule has 1 N–H and O–H groups in total. The van der Waals surface area contributed by atoms with Gasteiger partial charge in [-0.3, -0.25) is 9.89 Å². The van der Waals surface area contributed by atoms with Crippen molar-refractivity contribution in [3.05, 3.63) is 58.9 Å². The van der Waals surface area contributed by atoms with Gasteiger partial charge in [0.05, 0.1) is 17.1 Å². The quantitative estimate of drug-likeness (QED) is 0.676. The van der Waals surface area contributed by atoms with Gasteiger partial charge < -0.3 is 14.5 Å². The fourth-order valence-corrected chi connectivity index (χ4v) is 4.50. The van der Waals surface area contributed by atoms with Crippen LogP contribution in [-0.4, -0.2) is 63.4 Å². The first-order chi connectivity index (χ1) is 15.5. The van der Waals surface area contributed by atoms with Gasteiger partial charge >= 0.3 is 6.09 Å². The molecule has 0 spiro atoms. The van der Waals surface area contributed by atoms with Crippen LogP contribution < -0.4 is 0 Å². The lowest BCUT2D eigenvalue weighted by Crippen LogP contribution is -2.35. The highest BCUT2D eigenvalue weighted by Crippen LogP contribution is 2.32. The van der Waals surface area contributed by atoms with E-state index in [9.17, 15) is 14.0 Å². The predicted molar refractivity (Wildman–Crippen MR) is 110 cm³/mol. The van der Waals surface area contributed by atoms with Crippen LogP contribution in [-0.2, 0) is 11.3 Å². The zero-order valence-electron chi connectivity index (χ0n) is 17.0. The number of fused-ring (bicyclic) bond motifs is 2. The van der Waals surface area contributed by atoms with Gasteiger partial charge in [-0.05, 0) is 42.0 Å². The number of nitrogens with one attached hydrogen (secondary N) is 1. The van der Waals surface area contributed by atoms with Crippen molar-refractivity contribution in [2.45, 2.75) is 6.61 Å². The molecule has 2 aliphatic heterocycles. The number of aromatic amines is 1. The zero-order valence-corrected chi connectivity index (χ0v) is 17.0. The maximum absolute atomic E-state index is 13.5. The molecule has 2 saturated heterocycles. The van der Waals surface area contributed by atoms with E-state index >= 15 is 0 Å². The first-order valence-corrected chi connectivity index (χ1v) is 10.2. The Balaban J connectivity index is 1.16. The van der Waals surface area contributed by atoms with Crippen molar-refractivity contribution in [2.24, 2.45) is 11.8 Å². The van der Waals surface area contributed by atoms with Crippen LogP contribution in [0.2, 0.25) is 0 Å². The minimum absolute atomic E-state index is 0.0576. The Hall–Kier alpha value is -4.00. The average molecular weight is 434 g/mol. The van der Waals surface area contributed by atoms with Crippen LogP contribution >= 0.6 is 0 Å². The normalized spacial score (nSPS) is 19.8. The third-order valence-corrected chi connectivity index (χ3v) is 6.05. The molecule has 2 amide bonds.